The number of H-pyrrole nitrogens is 1. The predicted octanol–water partition coefficient (Wildman–Crippen LogP) is 2.17. The SMILES string of the molecule is CNc1nc2[nH]c(-c3cc(F)cc(CN(CCO)C(N)=O)c3)cc2c2c1ncn2C. The minimum absolute atomic E-state index is 0.0722. The van der Waals surface area contributed by atoms with Crippen molar-refractivity contribution in [2.75, 3.05) is 25.5 Å². The molecule has 0 atom stereocenters. The van der Waals surface area contributed by atoms with E-state index < -0.39 is 11.8 Å². The van der Waals surface area contributed by atoms with Crippen molar-refractivity contribution < 1.29 is 14.3 Å². The van der Waals surface area contributed by atoms with Crippen LogP contribution in [-0.2, 0) is 13.6 Å². The first kappa shape index (κ1) is 19.6. The molecule has 0 bridgehead atoms. The van der Waals surface area contributed by atoms with Crippen LogP contribution in [0.4, 0.5) is 15.0 Å². The summed E-state index contributed by atoms with van der Waals surface area (Å²) in [6.45, 7) is -0.0644. The van der Waals surface area contributed by atoms with Crippen molar-refractivity contribution in [2.45, 2.75) is 6.54 Å². The van der Waals surface area contributed by atoms with Gasteiger partial charge in [-0.05, 0) is 29.8 Å². The number of primary amides is 1. The van der Waals surface area contributed by atoms with Crippen LogP contribution in [0.2, 0.25) is 0 Å². The number of aromatic nitrogens is 4. The number of urea groups is 1. The average Bonchev–Trinajstić information content (AvgIpc) is 3.30. The molecule has 0 aliphatic heterocycles. The molecule has 30 heavy (non-hydrogen) atoms. The third kappa shape index (κ3) is 3.41. The summed E-state index contributed by atoms with van der Waals surface area (Å²) in [7, 11) is 3.68. The van der Waals surface area contributed by atoms with E-state index in [1.165, 1.54) is 17.0 Å². The molecule has 9 nitrogen and oxygen atoms in total. The molecular weight excluding hydrogens is 389 g/mol. The molecule has 1 aromatic carbocycles. The molecule has 4 aromatic rings. The highest BCUT2D eigenvalue weighted by atomic mass is 19.1. The molecule has 0 saturated carbocycles. The Morgan fingerprint density at radius 3 is 2.87 bits per heavy atom. The van der Waals surface area contributed by atoms with Crippen LogP contribution in [0.25, 0.3) is 33.3 Å². The third-order valence-corrected chi connectivity index (χ3v) is 5.00. The molecule has 0 spiro atoms. The van der Waals surface area contributed by atoms with Crippen LogP contribution >= 0.6 is 0 Å². The zero-order chi connectivity index (χ0) is 21.4. The van der Waals surface area contributed by atoms with Gasteiger partial charge in [-0.25, -0.2) is 19.2 Å². The number of anilines is 1. The van der Waals surface area contributed by atoms with E-state index in [1.807, 2.05) is 17.7 Å². The summed E-state index contributed by atoms with van der Waals surface area (Å²) in [4.78, 5) is 25.1. The number of hydrogen-bond acceptors (Lipinski definition) is 5. The second-order valence-electron chi connectivity index (χ2n) is 7.04. The molecule has 10 heteroatoms. The Hall–Kier alpha value is -3.66. The number of aryl methyl sites for hydroxylation is 1. The molecule has 0 unspecified atom stereocenters. The minimum Gasteiger partial charge on any atom is -0.395 e. The Morgan fingerprint density at radius 2 is 2.17 bits per heavy atom. The fourth-order valence-electron chi connectivity index (χ4n) is 3.63. The first-order valence-electron chi connectivity index (χ1n) is 9.38. The van der Waals surface area contributed by atoms with Gasteiger partial charge in [0.25, 0.3) is 0 Å². The van der Waals surface area contributed by atoms with Gasteiger partial charge < -0.3 is 30.6 Å². The summed E-state index contributed by atoms with van der Waals surface area (Å²) in [5.41, 5.74) is 9.50. The van der Waals surface area contributed by atoms with E-state index >= 15 is 0 Å². The Kier molecular flexibility index (Phi) is 5.00. The highest BCUT2D eigenvalue weighted by Crippen LogP contribution is 2.32. The molecule has 2 amide bonds. The van der Waals surface area contributed by atoms with Crippen molar-refractivity contribution in [3.05, 3.63) is 42.0 Å². The highest BCUT2D eigenvalue weighted by Gasteiger charge is 2.16. The number of rotatable bonds is 6. The summed E-state index contributed by atoms with van der Waals surface area (Å²) in [5.74, 6) is 0.205. The summed E-state index contributed by atoms with van der Waals surface area (Å²) < 4.78 is 16.3. The lowest BCUT2D eigenvalue weighted by molar-refractivity contribution is 0.182. The molecule has 4 rings (SSSR count). The second-order valence-corrected chi connectivity index (χ2v) is 7.04. The lowest BCUT2D eigenvalue weighted by Crippen LogP contribution is -2.37. The van der Waals surface area contributed by atoms with Crippen molar-refractivity contribution in [3.63, 3.8) is 0 Å². The fraction of sp³-hybridized carbons (Fsp3) is 0.250. The van der Waals surface area contributed by atoms with Gasteiger partial charge in [-0.3, -0.25) is 0 Å². The molecule has 0 aliphatic carbocycles. The number of carbonyl (C=O) groups excluding carboxylic acids is 1. The summed E-state index contributed by atoms with van der Waals surface area (Å²) in [5, 5.41) is 13.0. The number of hydrogen-bond donors (Lipinski definition) is 4. The zero-order valence-corrected chi connectivity index (χ0v) is 16.6. The molecule has 0 aliphatic rings. The van der Waals surface area contributed by atoms with Gasteiger partial charge in [0.2, 0.25) is 0 Å². The first-order chi connectivity index (χ1) is 14.4. The van der Waals surface area contributed by atoms with Gasteiger partial charge in [0, 0.05) is 43.8 Å². The number of imidazole rings is 1. The third-order valence-electron chi connectivity index (χ3n) is 5.00. The van der Waals surface area contributed by atoms with Crippen LogP contribution in [0.3, 0.4) is 0 Å². The van der Waals surface area contributed by atoms with Crippen LogP contribution in [0.15, 0.2) is 30.6 Å². The van der Waals surface area contributed by atoms with Gasteiger partial charge in [0.15, 0.2) is 5.82 Å². The maximum absolute atomic E-state index is 14.4. The number of aliphatic hydroxyl groups excluding tert-OH is 1. The lowest BCUT2D eigenvalue weighted by Gasteiger charge is -2.19. The lowest BCUT2D eigenvalue weighted by atomic mass is 10.1. The van der Waals surface area contributed by atoms with Crippen molar-refractivity contribution in [1.82, 2.24) is 24.4 Å². The number of aromatic amines is 1. The van der Waals surface area contributed by atoms with E-state index in [4.69, 9.17) is 10.8 Å². The number of aliphatic hydroxyl groups is 1. The Balaban J connectivity index is 1.80. The van der Waals surface area contributed by atoms with Gasteiger partial charge in [-0.15, -0.1) is 0 Å². The van der Waals surface area contributed by atoms with Crippen LogP contribution in [0.1, 0.15) is 5.56 Å². The predicted molar refractivity (Wildman–Crippen MR) is 112 cm³/mol. The van der Waals surface area contributed by atoms with Gasteiger partial charge in [-0.2, -0.15) is 0 Å². The van der Waals surface area contributed by atoms with E-state index in [9.17, 15) is 9.18 Å². The van der Waals surface area contributed by atoms with E-state index in [2.05, 4.69) is 20.3 Å². The first-order valence-corrected chi connectivity index (χ1v) is 9.38. The van der Waals surface area contributed by atoms with Crippen molar-refractivity contribution in [3.8, 4) is 11.3 Å². The average molecular weight is 411 g/mol. The zero-order valence-electron chi connectivity index (χ0n) is 16.6. The van der Waals surface area contributed by atoms with Crippen molar-refractivity contribution >= 4 is 33.9 Å². The van der Waals surface area contributed by atoms with Crippen LogP contribution in [0, 0.1) is 5.82 Å². The van der Waals surface area contributed by atoms with Gasteiger partial charge in [-0.1, -0.05) is 0 Å². The normalized spacial score (nSPS) is 11.3. The molecular formula is C20H22FN7O2. The van der Waals surface area contributed by atoms with Crippen LogP contribution < -0.4 is 11.1 Å². The molecule has 3 heterocycles. The summed E-state index contributed by atoms with van der Waals surface area (Å²) in [6, 6.07) is 5.76. The molecule has 0 radical (unpaired) electrons. The fourth-order valence-corrected chi connectivity index (χ4v) is 3.63. The van der Waals surface area contributed by atoms with E-state index in [0.29, 0.717) is 28.3 Å². The van der Waals surface area contributed by atoms with E-state index in [1.54, 1.807) is 19.4 Å². The summed E-state index contributed by atoms with van der Waals surface area (Å²) in [6.07, 6.45) is 1.72. The maximum atomic E-state index is 14.4. The van der Waals surface area contributed by atoms with E-state index in [0.717, 1.165) is 16.4 Å². The maximum Gasteiger partial charge on any atom is 0.315 e. The second kappa shape index (κ2) is 7.64. The monoisotopic (exact) mass is 411 g/mol. The van der Waals surface area contributed by atoms with Crippen LogP contribution in [0.5, 0.6) is 0 Å². The largest absolute Gasteiger partial charge is 0.395 e. The van der Waals surface area contributed by atoms with Gasteiger partial charge in [0.05, 0.1) is 18.5 Å². The minimum atomic E-state index is -0.678. The van der Waals surface area contributed by atoms with Crippen molar-refractivity contribution in [1.29, 1.82) is 0 Å². The highest BCUT2D eigenvalue weighted by molar-refractivity contribution is 6.07. The van der Waals surface area contributed by atoms with Gasteiger partial charge in [0.1, 0.15) is 17.0 Å². The number of nitrogens with two attached hydrogens (primary N) is 1. The number of fused-ring (bicyclic) bond motifs is 3. The smallest absolute Gasteiger partial charge is 0.315 e. The number of amides is 2. The number of benzene rings is 1. The quantitative estimate of drug-likeness (QED) is 0.387. The molecule has 3 aromatic heterocycles. The number of nitrogens with zero attached hydrogens (tertiary/aromatic N) is 4. The molecule has 0 saturated heterocycles. The number of pyridine rings is 1. The molecule has 156 valence electrons. The standard InChI is InChI=1S/C20H22FN7O2/c1-23-19-16-17(27(2)10-24-16)14-8-15(25-18(14)26-19)12-5-11(6-13(21)7-12)9-28(3-4-29)20(22)30/h5-8,10,29H,3-4,9H2,1-2H3,(H2,22,30)(H2,23,25,26). The number of nitrogens with one attached hydrogen (secondary N) is 2. The van der Waals surface area contributed by atoms with Gasteiger partial charge >= 0.3 is 6.03 Å². The van der Waals surface area contributed by atoms with E-state index in [-0.39, 0.29) is 19.7 Å². The number of carbonyl (C=O) groups is 1. The molecule has 5 N–H and O–H groups in total. The Bertz CT molecular complexity index is 1250. The topological polar surface area (TPSA) is 125 Å². The number of halogens is 1. The molecule has 0 fully saturated rings. The Morgan fingerprint density at radius 1 is 1.37 bits per heavy atom. The Labute approximate surface area is 171 Å². The van der Waals surface area contributed by atoms with Crippen molar-refractivity contribution in [2.24, 2.45) is 12.8 Å². The summed E-state index contributed by atoms with van der Waals surface area (Å²) >= 11 is 0. The van der Waals surface area contributed by atoms with Crippen LogP contribution in [-0.4, -0.2) is 55.8 Å².